The Labute approximate surface area is 185 Å². The molecule has 8 nitrogen and oxygen atoms in total. The largest absolute Gasteiger partial charge is 0.494 e. The minimum atomic E-state index is -0.945. The molecule has 9 heteroatoms. The van der Waals surface area contributed by atoms with Crippen LogP contribution in [0.3, 0.4) is 0 Å². The van der Waals surface area contributed by atoms with Crippen LogP contribution in [-0.4, -0.2) is 50.2 Å². The number of ether oxygens (including phenoxy) is 3. The summed E-state index contributed by atoms with van der Waals surface area (Å²) in [4.78, 5) is 36.0. The topological polar surface area (TPSA) is 103 Å². The van der Waals surface area contributed by atoms with Crippen molar-refractivity contribution < 1.29 is 28.6 Å². The fourth-order valence-corrected chi connectivity index (χ4v) is 2.67. The fraction of sp³-hybridized carbons (Fsp3) is 0.318. The van der Waals surface area contributed by atoms with Gasteiger partial charge in [-0.05, 0) is 50.2 Å². The van der Waals surface area contributed by atoms with Crippen LogP contribution in [0, 0.1) is 0 Å². The second kappa shape index (κ2) is 12.4. The van der Waals surface area contributed by atoms with E-state index in [4.69, 9.17) is 25.8 Å². The van der Waals surface area contributed by atoms with Crippen molar-refractivity contribution in [2.75, 3.05) is 26.4 Å². The molecule has 0 saturated heterocycles. The quantitative estimate of drug-likeness (QED) is 0.404. The van der Waals surface area contributed by atoms with E-state index in [1.54, 1.807) is 48.5 Å². The summed E-state index contributed by atoms with van der Waals surface area (Å²) in [5.41, 5.74) is 0.245. The number of benzene rings is 2. The predicted molar refractivity (Wildman–Crippen MR) is 115 cm³/mol. The Balaban J connectivity index is 1.64. The van der Waals surface area contributed by atoms with Crippen molar-refractivity contribution in [1.82, 2.24) is 10.6 Å². The van der Waals surface area contributed by atoms with Crippen LogP contribution in [0.2, 0.25) is 5.02 Å². The van der Waals surface area contributed by atoms with E-state index < -0.39 is 30.4 Å². The zero-order valence-electron chi connectivity index (χ0n) is 17.4. The highest BCUT2D eigenvalue weighted by molar-refractivity contribution is 6.33. The molecule has 0 aromatic heterocycles. The molecule has 0 heterocycles. The highest BCUT2D eigenvalue weighted by atomic mass is 35.5. The predicted octanol–water partition coefficient (Wildman–Crippen LogP) is 2.60. The van der Waals surface area contributed by atoms with Crippen LogP contribution in [0.1, 0.15) is 24.2 Å². The van der Waals surface area contributed by atoms with Crippen molar-refractivity contribution in [1.29, 1.82) is 0 Å². The number of nitrogens with one attached hydrogen (secondary N) is 2. The Morgan fingerprint density at radius 2 is 1.65 bits per heavy atom. The van der Waals surface area contributed by atoms with Gasteiger partial charge in [-0.1, -0.05) is 23.7 Å². The molecular formula is C22H25ClN2O6. The van der Waals surface area contributed by atoms with Gasteiger partial charge < -0.3 is 24.8 Å². The summed E-state index contributed by atoms with van der Waals surface area (Å²) in [6.45, 7) is 3.97. The average molecular weight is 449 g/mol. The summed E-state index contributed by atoms with van der Waals surface area (Å²) in [6.07, 6.45) is 0. The van der Waals surface area contributed by atoms with E-state index in [1.807, 2.05) is 6.92 Å². The third-order valence-electron chi connectivity index (χ3n) is 3.99. The Kier molecular flexibility index (Phi) is 9.64. The van der Waals surface area contributed by atoms with Crippen molar-refractivity contribution in [3.05, 3.63) is 59.1 Å². The molecule has 0 aliphatic heterocycles. The molecule has 31 heavy (non-hydrogen) atoms. The lowest BCUT2D eigenvalue weighted by Gasteiger charge is -2.14. The smallest absolute Gasteiger partial charge is 0.328 e. The van der Waals surface area contributed by atoms with Gasteiger partial charge in [0.25, 0.3) is 11.8 Å². The van der Waals surface area contributed by atoms with Gasteiger partial charge in [-0.15, -0.1) is 0 Å². The van der Waals surface area contributed by atoms with Gasteiger partial charge in [0, 0.05) is 0 Å². The monoisotopic (exact) mass is 448 g/mol. The van der Waals surface area contributed by atoms with Gasteiger partial charge in [0.2, 0.25) is 0 Å². The van der Waals surface area contributed by atoms with Crippen LogP contribution in [0.15, 0.2) is 48.5 Å². The lowest BCUT2D eigenvalue weighted by molar-refractivity contribution is -0.150. The minimum absolute atomic E-state index is 0.238. The average Bonchev–Trinajstić information content (AvgIpc) is 2.76. The molecule has 0 spiro atoms. The second-order valence-electron chi connectivity index (χ2n) is 6.39. The molecule has 0 aliphatic rings. The molecule has 0 unspecified atom stereocenters. The van der Waals surface area contributed by atoms with Crippen molar-refractivity contribution >= 4 is 29.4 Å². The molecule has 0 saturated carbocycles. The van der Waals surface area contributed by atoms with Crippen molar-refractivity contribution in [2.24, 2.45) is 0 Å². The Morgan fingerprint density at radius 3 is 2.29 bits per heavy atom. The molecule has 2 aromatic rings. The van der Waals surface area contributed by atoms with Gasteiger partial charge in [0.15, 0.2) is 6.61 Å². The number of hydrogen-bond donors (Lipinski definition) is 2. The van der Waals surface area contributed by atoms with Crippen LogP contribution >= 0.6 is 11.6 Å². The standard InChI is InChI=1S/C22H25ClN2O6/c1-3-29-16-8-10-17(11-9-16)30-13-12-24-20(26)14-31-22(28)15(2)25-21(27)18-6-4-5-7-19(18)23/h4-11,15H,3,12-14H2,1-2H3,(H,24,26)(H,25,27)/t15-/m0/s1. The van der Waals surface area contributed by atoms with E-state index in [2.05, 4.69) is 10.6 Å². The van der Waals surface area contributed by atoms with Crippen molar-refractivity contribution in [3.8, 4) is 11.5 Å². The summed E-state index contributed by atoms with van der Waals surface area (Å²) in [5.74, 6) is -0.324. The van der Waals surface area contributed by atoms with E-state index in [1.165, 1.54) is 6.92 Å². The van der Waals surface area contributed by atoms with Crippen LogP contribution in [0.4, 0.5) is 0 Å². The van der Waals surface area contributed by atoms with Gasteiger partial charge in [0.05, 0.1) is 23.7 Å². The Bertz CT molecular complexity index is 888. The molecule has 0 fully saturated rings. The molecule has 2 aromatic carbocycles. The van der Waals surface area contributed by atoms with Crippen molar-refractivity contribution in [2.45, 2.75) is 19.9 Å². The maximum atomic E-state index is 12.2. The van der Waals surface area contributed by atoms with E-state index in [-0.39, 0.29) is 23.7 Å². The van der Waals surface area contributed by atoms with E-state index >= 15 is 0 Å². The number of hydrogen-bond acceptors (Lipinski definition) is 6. The summed E-state index contributed by atoms with van der Waals surface area (Å²) >= 11 is 5.96. The van der Waals surface area contributed by atoms with Crippen LogP contribution in [0.5, 0.6) is 11.5 Å². The first-order chi connectivity index (χ1) is 14.9. The third-order valence-corrected chi connectivity index (χ3v) is 4.32. The summed E-state index contributed by atoms with van der Waals surface area (Å²) in [5, 5.41) is 5.34. The van der Waals surface area contributed by atoms with Crippen LogP contribution in [0.25, 0.3) is 0 Å². The number of esters is 1. The molecule has 2 N–H and O–H groups in total. The van der Waals surface area contributed by atoms with Gasteiger partial charge in [0.1, 0.15) is 24.1 Å². The van der Waals surface area contributed by atoms with Gasteiger partial charge in [-0.2, -0.15) is 0 Å². The molecule has 0 aliphatic carbocycles. The summed E-state index contributed by atoms with van der Waals surface area (Å²) in [7, 11) is 0. The third kappa shape index (κ3) is 8.18. The second-order valence-corrected chi connectivity index (χ2v) is 6.79. The first-order valence-electron chi connectivity index (χ1n) is 9.75. The minimum Gasteiger partial charge on any atom is -0.494 e. The number of carbonyl (C=O) groups is 3. The molecule has 1 atom stereocenters. The van der Waals surface area contributed by atoms with Crippen LogP contribution < -0.4 is 20.1 Å². The van der Waals surface area contributed by atoms with Gasteiger partial charge in [-0.25, -0.2) is 4.79 Å². The molecule has 0 radical (unpaired) electrons. The number of amides is 2. The van der Waals surface area contributed by atoms with Gasteiger partial charge >= 0.3 is 5.97 Å². The number of carbonyl (C=O) groups excluding carboxylic acids is 3. The van der Waals surface area contributed by atoms with E-state index in [0.29, 0.717) is 12.4 Å². The number of rotatable bonds is 11. The van der Waals surface area contributed by atoms with Crippen LogP contribution in [-0.2, 0) is 14.3 Å². The molecule has 2 rings (SSSR count). The highest BCUT2D eigenvalue weighted by Gasteiger charge is 2.20. The zero-order valence-corrected chi connectivity index (χ0v) is 18.1. The van der Waals surface area contributed by atoms with Crippen molar-refractivity contribution in [3.63, 3.8) is 0 Å². The SMILES string of the molecule is CCOc1ccc(OCCNC(=O)COC(=O)[C@H](C)NC(=O)c2ccccc2Cl)cc1. The van der Waals surface area contributed by atoms with Gasteiger partial charge in [-0.3, -0.25) is 9.59 Å². The first-order valence-corrected chi connectivity index (χ1v) is 10.1. The van der Waals surface area contributed by atoms with E-state index in [0.717, 1.165) is 5.75 Å². The Hall–Kier alpha value is -3.26. The number of halogens is 1. The first kappa shape index (κ1) is 24.0. The molecular weight excluding hydrogens is 424 g/mol. The maximum absolute atomic E-state index is 12.2. The Morgan fingerprint density at radius 1 is 1.00 bits per heavy atom. The lowest BCUT2D eigenvalue weighted by Crippen LogP contribution is -2.41. The molecule has 166 valence electrons. The fourth-order valence-electron chi connectivity index (χ4n) is 2.45. The summed E-state index contributed by atoms with van der Waals surface area (Å²) in [6, 6.07) is 12.7. The lowest BCUT2D eigenvalue weighted by atomic mass is 10.2. The van der Waals surface area contributed by atoms with E-state index in [9.17, 15) is 14.4 Å². The normalized spacial score (nSPS) is 11.2. The molecule has 0 bridgehead atoms. The zero-order chi connectivity index (χ0) is 22.6. The maximum Gasteiger partial charge on any atom is 0.328 e. The molecule has 2 amide bonds. The summed E-state index contributed by atoms with van der Waals surface area (Å²) < 4.78 is 15.8. The highest BCUT2D eigenvalue weighted by Crippen LogP contribution is 2.17.